The molecule has 148 valence electrons. The van der Waals surface area contributed by atoms with Crippen LogP contribution >= 0.6 is 0 Å². The second kappa shape index (κ2) is 8.57. The van der Waals surface area contributed by atoms with Crippen LogP contribution < -0.4 is 5.43 Å². The number of rotatable bonds is 5. The summed E-state index contributed by atoms with van der Waals surface area (Å²) < 4.78 is 1.71. The van der Waals surface area contributed by atoms with Crippen LogP contribution in [0, 0.1) is 13.8 Å². The van der Waals surface area contributed by atoms with Crippen LogP contribution in [-0.4, -0.2) is 21.9 Å². The standard InChI is InChI=1S/C25H22N4O/c1-18-13-14-21(19(2)15-18)16-26-27-25(30)23-17-29(22-11-7-4-8-12-22)28-24(23)20-9-5-3-6-10-20/h3-17H,1-2H3,(H,27,30)/b26-16-. The molecule has 0 unspecified atom stereocenters. The summed E-state index contributed by atoms with van der Waals surface area (Å²) in [5.41, 5.74) is 8.72. The Kier molecular flexibility index (Phi) is 5.52. The molecule has 5 nitrogen and oxygen atoms in total. The number of aryl methyl sites for hydroxylation is 2. The van der Waals surface area contributed by atoms with Crippen LogP contribution in [0.3, 0.4) is 0 Å². The molecule has 0 radical (unpaired) electrons. The molecular formula is C25H22N4O. The number of aromatic nitrogens is 2. The van der Waals surface area contributed by atoms with Gasteiger partial charge in [0.2, 0.25) is 0 Å². The molecule has 0 aliphatic rings. The Morgan fingerprint density at radius 1 is 0.967 bits per heavy atom. The minimum atomic E-state index is -0.308. The van der Waals surface area contributed by atoms with Gasteiger partial charge in [-0.05, 0) is 37.1 Å². The fraction of sp³-hybridized carbons (Fsp3) is 0.0800. The van der Waals surface area contributed by atoms with Crippen molar-refractivity contribution in [3.8, 4) is 16.9 Å². The van der Waals surface area contributed by atoms with Crippen molar-refractivity contribution in [2.45, 2.75) is 13.8 Å². The first kappa shape index (κ1) is 19.3. The van der Waals surface area contributed by atoms with Gasteiger partial charge < -0.3 is 0 Å². The lowest BCUT2D eigenvalue weighted by molar-refractivity contribution is 0.0955. The molecule has 0 saturated carbocycles. The predicted octanol–water partition coefficient (Wildman–Crippen LogP) is 4.92. The lowest BCUT2D eigenvalue weighted by Gasteiger charge is -2.03. The van der Waals surface area contributed by atoms with Crippen molar-refractivity contribution in [1.82, 2.24) is 15.2 Å². The number of hydrogen-bond donors (Lipinski definition) is 1. The molecule has 0 bridgehead atoms. The van der Waals surface area contributed by atoms with Gasteiger partial charge in [-0.15, -0.1) is 0 Å². The molecule has 1 aromatic heterocycles. The van der Waals surface area contributed by atoms with Crippen LogP contribution in [0.15, 0.2) is 90.2 Å². The van der Waals surface area contributed by atoms with Crippen LogP contribution in [0.25, 0.3) is 16.9 Å². The number of benzene rings is 3. The van der Waals surface area contributed by atoms with Crippen molar-refractivity contribution in [3.63, 3.8) is 0 Å². The van der Waals surface area contributed by atoms with E-state index >= 15 is 0 Å². The van der Waals surface area contributed by atoms with E-state index in [1.165, 1.54) is 5.56 Å². The second-order valence-electron chi connectivity index (χ2n) is 7.10. The minimum Gasteiger partial charge on any atom is -0.267 e. The minimum absolute atomic E-state index is 0.308. The molecule has 1 heterocycles. The summed E-state index contributed by atoms with van der Waals surface area (Å²) in [5.74, 6) is -0.308. The number of para-hydroxylation sites is 1. The molecule has 0 spiro atoms. The maximum atomic E-state index is 12.9. The van der Waals surface area contributed by atoms with Gasteiger partial charge >= 0.3 is 0 Å². The first-order valence-electron chi connectivity index (χ1n) is 9.73. The Balaban J connectivity index is 1.64. The molecule has 5 heteroatoms. The summed E-state index contributed by atoms with van der Waals surface area (Å²) in [6.45, 7) is 4.07. The van der Waals surface area contributed by atoms with Crippen LogP contribution in [-0.2, 0) is 0 Å². The van der Waals surface area contributed by atoms with Crippen molar-refractivity contribution in [2.24, 2.45) is 5.10 Å². The van der Waals surface area contributed by atoms with Gasteiger partial charge in [0.05, 0.1) is 17.5 Å². The lowest BCUT2D eigenvalue weighted by atomic mass is 10.1. The third-order valence-electron chi connectivity index (χ3n) is 4.82. The first-order valence-corrected chi connectivity index (χ1v) is 9.73. The van der Waals surface area contributed by atoms with Gasteiger partial charge in [-0.25, -0.2) is 10.1 Å². The summed E-state index contributed by atoms with van der Waals surface area (Å²) in [6, 6.07) is 25.5. The van der Waals surface area contributed by atoms with Crippen molar-refractivity contribution < 1.29 is 4.79 Å². The fourth-order valence-corrected chi connectivity index (χ4v) is 3.25. The van der Waals surface area contributed by atoms with E-state index < -0.39 is 0 Å². The third-order valence-corrected chi connectivity index (χ3v) is 4.82. The highest BCUT2D eigenvalue weighted by molar-refractivity contribution is 6.00. The summed E-state index contributed by atoms with van der Waals surface area (Å²) in [5, 5.41) is 8.83. The second-order valence-corrected chi connectivity index (χ2v) is 7.10. The van der Waals surface area contributed by atoms with Gasteiger partial charge in [-0.3, -0.25) is 4.79 Å². The molecule has 0 atom stereocenters. The lowest BCUT2D eigenvalue weighted by Crippen LogP contribution is -2.18. The van der Waals surface area contributed by atoms with E-state index in [9.17, 15) is 4.79 Å². The van der Waals surface area contributed by atoms with Crippen molar-refractivity contribution >= 4 is 12.1 Å². The van der Waals surface area contributed by atoms with Crippen molar-refractivity contribution in [3.05, 3.63) is 107 Å². The van der Waals surface area contributed by atoms with E-state index in [0.717, 1.165) is 22.4 Å². The Hall–Kier alpha value is -3.99. The van der Waals surface area contributed by atoms with Gasteiger partial charge in [0.15, 0.2) is 0 Å². The number of nitrogens with zero attached hydrogens (tertiary/aromatic N) is 3. The van der Waals surface area contributed by atoms with Gasteiger partial charge in [-0.1, -0.05) is 72.3 Å². The van der Waals surface area contributed by atoms with E-state index in [4.69, 9.17) is 0 Å². The molecule has 4 aromatic rings. The molecule has 0 aliphatic carbocycles. The molecule has 1 amide bonds. The Bertz CT molecular complexity index is 1190. The topological polar surface area (TPSA) is 59.3 Å². The summed E-state index contributed by atoms with van der Waals surface area (Å²) in [7, 11) is 0. The van der Waals surface area contributed by atoms with Crippen LogP contribution in [0.4, 0.5) is 0 Å². The number of hydrogen-bond acceptors (Lipinski definition) is 3. The van der Waals surface area contributed by atoms with Crippen LogP contribution in [0.1, 0.15) is 27.0 Å². The normalized spacial score (nSPS) is 11.0. The Morgan fingerprint density at radius 3 is 2.37 bits per heavy atom. The van der Waals surface area contributed by atoms with Gasteiger partial charge in [-0.2, -0.15) is 10.2 Å². The molecule has 0 saturated heterocycles. The van der Waals surface area contributed by atoms with Crippen LogP contribution in [0.5, 0.6) is 0 Å². The highest BCUT2D eigenvalue weighted by Gasteiger charge is 2.18. The molecule has 0 fully saturated rings. The Morgan fingerprint density at radius 2 is 1.67 bits per heavy atom. The molecule has 0 aliphatic heterocycles. The van der Waals surface area contributed by atoms with Crippen molar-refractivity contribution in [1.29, 1.82) is 0 Å². The number of carbonyl (C=O) groups is 1. The van der Waals surface area contributed by atoms with Gasteiger partial charge in [0, 0.05) is 11.8 Å². The van der Waals surface area contributed by atoms with Crippen LogP contribution in [0.2, 0.25) is 0 Å². The summed E-state index contributed by atoms with van der Waals surface area (Å²) >= 11 is 0. The zero-order chi connectivity index (χ0) is 20.9. The molecule has 4 rings (SSSR count). The Labute approximate surface area is 175 Å². The summed E-state index contributed by atoms with van der Waals surface area (Å²) in [6.07, 6.45) is 3.40. The van der Waals surface area contributed by atoms with E-state index in [0.29, 0.717) is 11.3 Å². The predicted molar refractivity (Wildman–Crippen MR) is 120 cm³/mol. The average Bonchev–Trinajstić information content (AvgIpc) is 3.22. The third kappa shape index (κ3) is 4.20. The maximum Gasteiger partial charge on any atom is 0.275 e. The quantitative estimate of drug-likeness (QED) is 0.386. The summed E-state index contributed by atoms with van der Waals surface area (Å²) in [4.78, 5) is 12.9. The molecule has 30 heavy (non-hydrogen) atoms. The largest absolute Gasteiger partial charge is 0.275 e. The number of nitrogens with one attached hydrogen (secondary N) is 1. The fourth-order valence-electron chi connectivity index (χ4n) is 3.25. The highest BCUT2D eigenvalue weighted by Crippen LogP contribution is 2.23. The molecule has 1 N–H and O–H groups in total. The molecule has 3 aromatic carbocycles. The van der Waals surface area contributed by atoms with E-state index in [1.54, 1.807) is 17.1 Å². The van der Waals surface area contributed by atoms with Gasteiger partial charge in [0.25, 0.3) is 5.91 Å². The average molecular weight is 394 g/mol. The smallest absolute Gasteiger partial charge is 0.267 e. The SMILES string of the molecule is Cc1ccc(/C=N\NC(=O)c2cn(-c3ccccc3)nc2-c2ccccc2)c(C)c1. The zero-order valence-corrected chi connectivity index (χ0v) is 16.9. The van der Waals surface area contributed by atoms with E-state index in [-0.39, 0.29) is 5.91 Å². The number of amides is 1. The van der Waals surface area contributed by atoms with E-state index in [1.807, 2.05) is 86.6 Å². The maximum absolute atomic E-state index is 12.9. The zero-order valence-electron chi connectivity index (χ0n) is 16.9. The molecular weight excluding hydrogens is 372 g/mol. The van der Waals surface area contributed by atoms with Crippen molar-refractivity contribution in [2.75, 3.05) is 0 Å². The monoisotopic (exact) mass is 394 g/mol. The number of hydrazone groups is 1. The van der Waals surface area contributed by atoms with Gasteiger partial charge in [0.1, 0.15) is 5.69 Å². The number of carbonyl (C=O) groups excluding carboxylic acids is 1. The highest BCUT2D eigenvalue weighted by atomic mass is 16.2. The van der Waals surface area contributed by atoms with E-state index in [2.05, 4.69) is 21.7 Å². The first-order chi connectivity index (χ1) is 14.6.